The number of nitrogens with zero attached hydrogens (tertiary/aromatic N) is 2. The molecule has 0 radical (unpaired) electrons. The Morgan fingerprint density at radius 1 is 1.21 bits per heavy atom. The van der Waals surface area contributed by atoms with Crippen molar-refractivity contribution in [2.75, 3.05) is 0 Å². The largest absolute Gasteiger partial charge is 0.242 e. The first kappa shape index (κ1) is 9.26. The van der Waals surface area contributed by atoms with Crippen LogP contribution in [0, 0.1) is 11.3 Å². The number of pyridine rings is 1. The van der Waals surface area contributed by atoms with Gasteiger partial charge in [-0.25, -0.2) is 4.98 Å². The normalized spacial score (nSPS) is 10.1. The van der Waals surface area contributed by atoms with E-state index in [0.29, 0.717) is 10.6 Å². The Morgan fingerprint density at radius 2 is 2.00 bits per heavy atom. The predicted molar refractivity (Wildman–Crippen MR) is 56.5 cm³/mol. The quantitative estimate of drug-likeness (QED) is 0.641. The number of hydrogen-bond donors (Lipinski definition) is 0. The maximum atomic E-state index is 8.89. The molecule has 1 aromatic carbocycles. The molecule has 68 valence electrons. The monoisotopic (exact) mass is 222 g/mol. The van der Waals surface area contributed by atoms with E-state index in [9.17, 15) is 0 Å². The van der Waals surface area contributed by atoms with Crippen LogP contribution in [0.25, 0.3) is 10.8 Å². The first-order valence-corrected chi connectivity index (χ1v) is 4.62. The van der Waals surface area contributed by atoms with E-state index in [-0.39, 0.29) is 5.15 Å². The van der Waals surface area contributed by atoms with E-state index in [1.165, 1.54) is 0 Å². The molecule has 2 nitrogen and oxygen atoms in total. The number of hydrogen-bond acceptors (Lipinski definition) is 2. The van der Waals surface area contributed by atoms with Crippen LogP contribution >= 0.6 is 23.2 Å². The third kappa shape index (κ3) is 1.31. The van der Waals surface area contributed by atoms with E-state index >= 15 is 0 Å². The highest BCUT2D eigenvalue weighted by Gasteiger charge is 2.08. The van der Waals surface area contributed by atoms with Crippen LogP contribution in [0.15, 0.2) is 24.4 Å². The predicted octanol–water partition coefficient (Wildman–Crippen LogP) is 3.41. The Balaban J connectivity index is 2.97. The second kappa shape index (κ2) is 3.45. The molecule has 0 N–H and O–H groups in total. The van der Waals surface area contributed by atoms with Gasteiger partial charge in [0.25, 0.3) is 0 Å². The number of rotatable bonds is 0. The minimum atomic E-state index is 0.210. The van der Waals surface area contributed by atoms with Gasteiger partial charge in [-0.05, 0) is 6.07 Å². The van der Waals surface area contributed by atoms with E-state index < -0.39 is 0 Å². The molecule has 0 saturated heterocycles. The molecule has 0 amide bonds. The van der Waals surface area contributed by atoms with E-state index in [2.05, 4.69) is 4.98 Å². The number of fused-ring (bicyclic) bond motifs is 1. The lowest BCUT2D eigenvalue weighted by atomic mass is 10.1. The van der Waals surface area contributed by atoms with Crippen LogP contribution in [0.5, 0.6) is 0 Å². The lowest BCUT2D eigenvalue weighted by molar-refractivity contribution is 1.34. The van der Waals surface area contributed by atoms with Crippen molar-refractivity contribution < 1.29 is 0 Å². The summed E-state index contributed by atoms with van der Waals surface area (Å²) in [5.74, 6) is 0. The minimum Gasteiger partial charge on any atom is -0.242 e. The number of benzene rings is 1. The third-order valence-electron chi connectivity index (χ3n) is 1.95. The summed E-state index contributed by atoms with van der Waals surface area (Å²) in [6.45, 7) is 0. The first-order valence-electron chi connectivity index (χ1n) is 3.87. The zero-order valence-electron chi connectivity index (χ0n) is 6.96. The van der Waals surface area contributed by atoms with Crippen molar-refractivity contribution in [2.45, 2.75) is 0 Å². The molecule has 0 spiro atoms. The fourth-order valence-corrected chi connectivity index (χ4v) is 1.71. The summed E-state index contributed by atoms with van der Waals surface area (Å²) in [6.07, 6.45) is 1.57. The lowest BCUT2D eigenvalue weighted by Gasteiger charge is -2.02. The van der Waals surface area contributed by atoms with Crippen LogP contribution < -0.4 is 0 Å². The van der Waals surface area contributed by atoms with Gasteiger partial charge in [0, 0.05) is 22.0 Å². The molecular weight excluding hydrogens is 219 g/mol. The Morgan fingerprint density at radius 3 is 2.71 bits per heavy atom. The highest BCUT2D eigenvalue weighted by atomic mass is 35.5. The van der Waals surface area contributed by atoms with Gasteiger partial charge in [0.15, 0.2) is 0 Å². The molecule has 0 unspecified atom stereocenters. The second-order valence-corrected chi connectivity index (χ2v) is 3.50. The molecule has 0 atom stereocenters. The van der Waals surface area contributed by atoms with Crippen LogP contribution in [0.4, 0.5) is 0 Å². The van der Waals surface area contributed by atoms with E-state index in [1.54, 1.807) is 24.4 Å². The molecule has 2 rings (SSSR count). The topological polar surface area (TPSA) is 36.7 Å². The second-order valence-electron chi connectivity index (χ2n) is 2.74. The van der Waals surface area contributed by atoms with Gasteiger partial charge in [-0.15, -0.1) is 0 Å². The van der Waals surface area contributed by atoms with Crippen molar-refractivity contribution in [3.8, 4) is 6.07 Å². The molecule has 0 bridgehead atoms. The molecule has 0 aliphatic heterocycles. The van der Waals surface area contributed by atoms with Gasteiger partial charge >= 0.3 is 0 Å². The highest BCUT2D eigenvalue weighted by Crippen LogP contribution is 2.28. The summed E-state index contributed by atoms with van der Waals surface area (Å²) >= 11 is 11.7. The van der Waals surface area contributed by atoms with Crippen molar-refractivity contribution in [2.24, 2.45) is 0 Å². The maximum absolute atomic E-state index is 8.89. The molecule has 14 heavy (non-hydrogen) atoms. The van der Waals surface area contributed by atoms with Crippen molar-refractivity contribution in [1.29, 1.82) is 5.26 Å². The van der Waals surface area contributed by atoms with Crippen molar-refractivity contribution >= 4 is 34.0 Å². The van der Waals surface area contributed by atoms with Gasteiger partial charge in [-0.1, -0.05) is 35.3 Å². The lowest BCUT2D eigenvalue weighted by Crippen LogP contribution is -1.86. The summed E-state index contributed by atoms with van der Waals surface area (Å²) in [5, 5.41) is 11.2. The first-order chi connectivity index (χ1) is 6.74. The number of nitriles is 1. The molecule has 0 fully saturated rings. The summed E-state index contributed by atoms with van der Waals surface area (Å²) in [6, 6.07) is 7.34. The molecule has 1 aromatic heterocycles. The van der Waals surface area contributed by atoms with Gasteiger partial charge < -0.3 is 0 Å². The van der Waals surface area contributed by atoms with Gasteiger partial charge in [-0.3, -0.25) is 0 Å². The summed E-state index contributed by atoms with van der Waals surface area (Å²) in [5.41, 5.74) is 0.367. The van der Waals surface area contributed by atoms with Crippen molar-refractivity contribution in [3.63, 3.8) is 0 Å². The third-order valence-corrected chi connectivity index (χ3v) is 2.56. The van der Waals surface area contributed by atoms with Crippen LogP contribution in [0.2, 0.25) is 10.2 Å². The van der Waals surface area contributed by atoms with Crippen LogP contribution in [0.3, 0.4) is 0 Å². The van der Waals surface area contributed by atoms with Crippen LogP contribution in [-0.2, 0) is 0 Å². The SMILES string of the molecule is N#Cc1c(Cl)ncc2c(Cl)cccc12. The molecular formula is C10H4Cl2N2. The summed E-state index contributed by atoms with van der Waals surface area (Å²) < 4.78 is 0. The fourth-order valence-electron chi connectivity index (χ4n) is 1.29. The Hall–Kier alpha value is -1.30. The van der Waals surface area contributed by atoms with E-state index in [0.717, 1.165) is 10.8 Å². The molecule has 1 heterocycles. The van der Waals surface area contributed by atoms with Crippen molar-refractivity contribution in [1.82, 2.24) is 4.98 Å². The summed E-state index contributed by atoms with van der Waals surface area (Å²) in [7, 11) is 0. The van der Waals surface area contributed by atoms with Gasteiger partial charge in [0.2, 0.25) is 0 Å². The maximum Gasteiger partial charge on any atom is 0.147 e. The Labute approximate surface area is 90.7 Å². The van der Waals surface area contributed by atoms with Crippen LogP contribution in [-0.4, -0.2) is 4.98 Å². The average molecular weight is 223 g/mol. The zero-order chi connectivity index (χ0) is 10.1. The minimum absolute atomic E-state index is 0.210. The van der Waals surface area contributed by atoms with Crippen LogP contribution in [0.1, 0.15) is 5.56 Å². The van der Waals surface area contributed by atoms with Gasteiger partial charge in [0.05, 0.1) is 5.56 Å². The van der Waals surface area contributed by atoms with Gasteiger partial charge in [0.1, 0.15) is 11.2 Å². The Kier molecular flexibility index (Phi) is 2.28. The molecule has 0 aliphatic carbocycles. The average Bonchev–Trinajstić information content (AvgIpc) is 2.18. The number of aromatic nitrogens is 1. The van der Waals surface area contributed by atoms with Gasteiger partial charge in [-0.2, -0.15) is 5.26 Å². The summed E-state index contributed by atoms with van der Waals surface area (Å²) in [4.78, 5) is 3.90. The molecule has 4 heteroatoms. The fraction of sp³-hybridized carbons (Fsp3) is 0. The molecule has 0 saturated carbocycles. The molecule has 2 aromatic rings. The zero-order valence-corrected chi connectivity index (χ0v) is 8.47. The molecule has 0 aliphatic rings. The number of halogens is 2. The van der Waals surface area contributed by atoms with Crippen molar-refractivity contribution in [3.05, 3.63) is 40.1 Å². The van der Waals surface area contributed by atoms with E-state index in [4.69, 9.17) is 28.5 Å². The standard InChI is InChI=1S/C10H4Cl2N2/c11-9-3-1-2-6-7(4-13)10(12)14-5-8(6)9/h1-3,5H. The van der Waals surface area contributed by atoms with E-state index in [1.807, 2.05) is 6.07 Å². The Bertz CT molecular complexity index is 544. The smallest absolute Gasteiger partial charge is 0.147 e. The highest BCUT2D eigenvalue weighted by molar-refractivity contribution is 6.36.